The Balaban J connectivity index is 1.87. The van der Waals surface area contributed by atoms with Crippen molar-refractivity contribution in [1.82, 2.24) is 4.90 Å². The molecule has 0 radical (unpaired) electrons. The van der Waals surface area contributed by atoms with Crippen LogP contribution in [0.5, 0.6) is 0 Å². The molecule has 2 rings (SSSR count). The molecule has 0 bridgehead atoms. The van der Waals surface area contributed by atoms with E-state index in [-0.39, 0.29) is 23.8 Å². The molecule has 19 heavy (non-hydrogen) atoms. The van der Waals surface area contributed by atoms with Crippen molar-refractivity contribution in [3.8, 4) is 0 Å². The summed E-state index contributed by atoms with van der Waals surface area (Å²) in [6, 6.07) is 0. The van der Waals surface area contributed by atoms with Gasteiger partial charge in [0.05, 0.1) is 18.6 Å². The number of carbonyl (C=O) groups is 2. The second kappa shape index (κ2) is 6.37. The summed E-state index contributed by atoms with van der Waals surface area (Å²) in [4.78, 5) is 25.2. The van der Waals surface area contributed by atoms with E-state index in [1.807, 2.05) is 4.90 Å². The van der Waals surface area contributed by atoms with Crippen molar-refractivity contribution in [2.24, 2.45) is 11.8 Å². The van der Waals surface area contributed by atoms with Crippen molar-refractivity contribution in [3.63, 3.8) is 0 Å². The van der Waals surface area contributed by atoms with Crippen LogP contribution < -0.4 is 0 Å². The lowest BCUT2D eigenvalue weighted by molar-refractivity contribution is -0.144. The van der Waals surface area contributed by atoms with Crippen LogP contribution >= 0.6 is 0 Å². The highest BCUT2D eigenvalue weighted by atomic mass is 16.5. The van der Waals surface area contributed by atoms with E-state index in [0.717, 1.165) is 12.8 Å². The van der Waals surface area contributed by atoms with E-state index in [1.165, 1.54) is 0 Å². The van der Waals surface area contributed by atoms with Gasteiger partial charge in [-0.2, -0.15) is 0 Å². The van der Waals surface area contributed by atoms with Gasteiger partial charge >= 0.3 is 5.97 Å². The first-order chi connectivity index (χ1) is 9.11. The number of aliphatic carboxylic acids is 1. The summed E-state index contributed by atoms with van der Waals surface area (Å²) in [6.07, 6.45) is 4.03. The van der Waals surface area contributed by atoms with Gasteiger partial charge in [-0.1, -0.05) is 13.3 Å². The molecule has 1 unspecified atom stereocenters. The van der Waals surface area contributed by atoms with Crippen LogP contribution in [0.25, 0.3) is 0 Å². The summed E-state index contributed by atoms with van der Waals surface area (Å²) in [5.74, 6) is -1.06. The molecule has 1 saturated carbocycles. The van der Waals surface area contributed by atoms with Crippen LogP contribution in [-0.2, 0) is 14.3 Å². The minimum Gasteiger partial charge on any atom is -0.481 e. The third kappa shape index (κ3) is 3.47. The number of carbonyl (C=O) groups excluding carboxylic acids is 1. The molecule has 2 aliphatic rings. The normalized spacial score (nSPS) is 31.4. The minimum absolute atomic E-state index is 0.0959. The van der Waals surface area contributed by atoms with Gasteiger partial charge in [-0.05, 0) is 25.7 Å². The molecule has 0 aromatic carbocycles. The van der Waals surface area contributed by atoms with Gasteiger partial charge in [-0.25, -0.2) is 0 Å². The standard InChI is InChI=1S/C14H23NO4/c1-2-3-12-9-15(6-7-19-12)13(16)10-4-5-11(8-10)14(17)18/h10-12H,2-9H2,1H3,(H,17,18)/t10-,11+,12?/m1/s1. The van der Waals surface area contributed by atoms with Crippen molar-refractivity contribution in [2.75, 3.05) is 19.7 Å². The summed E-state index contributed by atoms with van der Waals surface area (Å²) in [7, 11) is 0. The second-order valence-corrected chi connectivity index (χ2v) is 5.61. The number of morpholine rings is 1. The van der Waals surface area contributed by atoms with Gasteiger partial charge in [0.25, 0.3) is 0 Å². The second-order valence-electron chi connectivity index (χ2n) is 5.61. The van der Waals surface area contributed by atoms with Crippen LogP contribution in [0, 0.1) is 11.8 Å². The lowest BCUT2D eigenvalue weighted by Gasteiger charge is -2.34. The summed E-state index contributed by atoms with van der Waals surface area (Å²) < 4.78 is 5.63. The van der Waals surface area contributed by atoms with Crippen molar-refractivity contribution in [1.29, 1.82) is 0 Å². The van der Waals surface area contributed by atoms with E-state index in [0.29, 0.717) is 39.0 Å². The van der Waals surface area contributed by atoms with Crippen LogP contribution in [0.1, 0.15) is 39.0 Å². The Bertz CT molecular complexity index is 342. The predicted octanol–water partition coefficient (Wildman–Crippen LogP) is 1.51. The number of ether oxygens (including phenoxy) is 1. The molecule has 1 aliphatic carbocycles. The fourth-order valence-corrected chi connectivity index (χ4v) is 3.10. The monoisotopic (exact) mass is 269 g/mol. The summed E-state index contributed by atoms with van der Waals surface area (Å²) in [5.41, 5.74) is 0. The van der Waals surface area contributed by atoms with E-state index >= 15 is 0 Å². The lowest BCUT2D eigenvalue weighted by atomic mass is 10.0. The zero-order chi connectivity index (χ0) is 13.8. The average Bonchev–Trinajstić information content (AvgIpc) is 2.88. The highest BCUT2D eigenvalue weighted by Gasteiger charge is 2.37. The summed E-state index contributed by atoms with van der Waals surface area (Å²) >= 11 is 0. The third-order valence-electron chi connectivity index (χ3n) is 4.19. The molecule has 1 aliphatic heterocycles. The van der Waals surface area contributed by atoms with Crippen LogP contribution in [0.15, 0.2) is 0 Å². The zero-order valence-corrected chi connectivity index (χ0v) is 11.5. The van der Waals surface area contributed by atoms with E-state index in [4.69, 9.17) is 9.84 Å². The fourth-order valence-electron chi connectivity index (χ4n) is 3.10. The number of nitrogens with zero attached hydrogens (tertiary/aromatic N) is 1. The highest BCUT2D eigenvalue weighted by Crippen LogP contribution is 2.32. The molecule has 1 heterocycles. The number of rotatable bonds is 4. The number of carboxylic acid groups (broad SMARTS) is 1. The largest absolute Gasteiger partial charge is 0.481 e. The topological polar surface area (TPSA) is 66.8 Å². The molecule has 5 nitrogen and oxygen atoms in total. The Labute approximate surface area is 113 Å². The van der Waals surface area contributed by atoms with Crippen LogP contribution in [0.4, 0.5) is 0 Å². The van der Waals surface area contributed by atoms with E-state index in [9.17, 15) is 9.59 Å². The molecule has 1 amide bonds. The van der Waals surface area contributed by atoms with E-state index in [1.54, 1.807) is 0 Å². The molecule has 1 saturated heterocycles. The number of hydrogen-bond acceptors (Lipinski definition) is 3. The third-order valence-corrected chi connectivity index (χ3v) is 4.19. The molecule has 0 spiro atoms. The van der Waals surface area contributed by atoms with Crippen LogP contribution in [-0.4, -0.2) is 47.7 Å². The Kier molecular flexibility index (Phi) is 4.80. The lowest BCUT2D eigenvalue weighted by Crippen LogP contribution is -2.47. The van der Waals surface area contributed by atoms with Gasteiger partial charge < -0.3 is 14.7 Å². The summed E-state index contributed by atoms with van der Waals surface area (Å²) in [5, 5.41) is 8.99. The molecule has 0 aromatic rings. The molecule has 108 valence electrons. The Morgan fingerprint density at radius 2 is 2.05 bits per heavy atom. The van der Waals surface area contributed by atoms with Crippen molar-refractivity contribution in [3.05, 3.63) is 0 Å². The van der Waals surface area contributed by atoms with Gasteiger partial charge in [0.15, 0.2) is 0 Å². The Morgan fingerprint density at radius 3 is 2.68 bits per heavy atom. The molecular formula is C14H23NO4. The molecule has 3 atom stereocenters. The van der Waals surface area contributed by atoms with Crippen LogP contribution in [0.3, 0.4) is 0 Å². The first-order valence-corrected chi connectivity index (χ1v) is 7.25. The molecular weight excluding hydrogens is 246 g/mol. The van der Waals surface area contributed by atoms with Gasteiger partial charge in [0.2, 0.25) is 5.91 Å². The minimum atomic E-state index is -0.763. The van der Waals surface area contributed by atoms with Crippen molar-refractivity contribution >= 4 is 11.9 Å². The quantitative estimate of drug-likeness (QED) is 0.840. The Hall–Kier alpha value is -1.10. The van der Waals surface area contributed by atoms with Crippen molar-refractivity contribution in [2.45, 2.75) is 45.1 Å². The maximum Gasteiger partial charge on any atom is 0.306 e. The molecule has 1 N–H and O–H groups in total. The number of amides is 1. The molecule has 5 heteroatoms. The number of carboxylic acids is 1. The molecule has 2 fully saturated rings. The van der Waals surface area contributed by atoms with E-state index in [2.05, 4.69) is 6.92 Å². The fraction of sp³-hybridized carbons (Fsp3) is 0.857. The molecule has 0 aromatic heterocycles. The van der Waals surface area contributed by atoms with Gasteiger partial charge in [0.1, 0.15) is 0 Å². The zero-order valence-electron chi connectivity index (χ0n) is 11.5. The maximum atomic E-state index is 12.4. The van der Waals surface area contributed by atoms with Gasteiger partial charge in [-0.15, -0.1) is 0 Å². The smallest absolute Gasteiger partial charge is 0.306 e. The average molecular weight is 269 g/mol. The SMILES string of the molecule is CCCC1CN(C(=O)[C@@H]2CC[C@H](C(=O)O)C2)CCO1. The van der Waals surface area contributed by atoms with Gasteiger partial charge in [0, 0.05) is 19.0 Å². The van der Waals surface area contributed by atoms with Gasteiger partial charge in [-0.3, -0.25) is 9.59 Å². The first-order valence-electron chi connectivity index (χ1n) is 7.25. The predicted molar refractivity (Wildman–Crippen MR) is 69.7 cm³/mol. The van der Waals surface area contributed by atoms with Crippen molar-refractivity contribution < 1.29 is 19.4 Å². The van der Waals surface area contributed by atoms with E-state index < -0.39 is 5.97 Å². The maximum absolute atomic E-state index is 12.4. The highest BCUT2D eigenvalue weighted by molar-refractivity contribution is 5.81. The van der Waals surface area contributed by atoms with Crippen LogP contribution in [0.2, 0.25) is 0 Å². The Morgan fingerprint density at radius 1 is 1.32 bits per heavy atom. The number of hydrogen-bond donors (Lipinski definition) is 1. The first kappa shape index (κ1) is 14.3. The summed E-state index contributed by atoms with van der Waals surface area (Å²) in [6.45, 7) is 4.03.